The zero-order valence-electron chi connectivity index (χ0n) is 32.2. The molecule has 0 spiro atoms. The van der Waals surface area contributed by atoms with Crippen molar-refractivity contribution >= 4 is 11.6 Å². The first kappa shape index (κ1) is 42.3. The van der Waals surface area contributed by atoms with E-state index in [9.17, 15) is 40.2 Å². The molecular weight excluding hydrogens is 730 g/mol. The predicted octanol–water partition coefficient (Wildman–Crippen LogP) is -2.93. The van der Waals surface area contributed by atoms with Gasteiger partial charge in [0.1, 0.15) is 30.0 Å². The van der Waals surface area contributed by atoms with E-state index in [2.05, 4.69) is 6.92 Å². The molecule has 0 radical (unpaired) electrons. The molecule has 0 aromatic carbocycles. The van der Waals surface area contributed by atoms with Crippen molar-refractivity contribution in [3.63, 3.8) is 0 Å². The van der Waals surface area contributed by atoms with E-state index in [0.29, 0.717) is 12.8 Å². The molecule has 2 aliphatic heterocycles. The Labute approximate surface area is 326 Å². The molecule has 0 bridgehead atoms. The molecular formula is C39H63N5O12. The molecule has 4 saturated carbocycles. The molecule has 6 fully saturated rings. The van der Waals surface area contributed by atoms with Crippen LogP contribution < -0.4 is 28.7 Å². The molecule has 0 amide bonds. The number of aliphatic hydroxyl groups is 6. The highest BCUT2D eigenvalue weighted by Crippen LogP contribution is 2.67. The van der Waals surface area contributed by atoms with Crippen LogP contribution in [0.4, 0.5) is 0 Å². The number of Topliss-reactive ketones (excluding diaryl/α,β-unsaturated/α-hetero) is 1. The molecule has 56 heavy (non-hydrogen) atoms. The second-order valence-electron chi connectivity index (χ2n) is 18.2. The summed E-state index contributed by atoms with van der Waals surface area (Å²) in [5.41, 5.74) is 28.8. The first-order valence-corrected chi connectivity index (χ1v) is 20.3. The number of hydrogen-bond acceptors (Lipinski definition) is 17. The van der Waals surface area contributed by atoms with Crippen molar-refractivity contribution in [3.8, 4) is 0 Å². The van der Waals surface area contributed by atoms with Crippen LogP contribution in [-0.4, -0.2) is 146 Å². The Bertz CT molecular complexity index is 1550. The molecule has 316 valence electrons. The summed E-state index contributed by atoms with van der Waals surface area (Å²) in [6.45, 7) is 3.98. The van der Waals surface area contributed by atoms with Crippen molar-refractivity contribution in [2.45, 2.75) is 169 Å². The van der Waals surface area contributed by atoms with Crippen molar-refractivity contribution in [2.24, 2.45) is 57.3 Å². The van der Waals surface area contributed by atoms with Crippen LogP contribution in [0, 0.1) is 28.6 Å². The molecule has 5 aliphatic carbocycles. The normalized spacial score (nSPS) is 53.2. The van der Waals surface area contributed by atoms with E-state index in [1.54, 1.807) is 12.2 Å². The van der Waals surface area contributed by atoms with Gasteiger partial charge in [-0.3, -0.25) is 9.59 Å². The third-order valence-corrected chi connectivity index (χ3v) is 15.0. The number of carbonyl (C=O) groups is 2. The SMILES string of the molecule is C[C@]12C=CC(=O)C=C1CCC1C2[C@@H](O)C[C@@]2(C)C1CC[C@]2(O)C(=O)CC[C@H]1O[C@@H](O[C@@H]2[C@@H](O)[C@H](O[C@H]3O[C@H](CN)[C@@H](O)C[C@H]3N)[C@@H](N)C[C@H]2N)[C@H](O)[C@@H](N)[C@@H]1O. The number of ether oxygens (including phenoxy) is 4. The third kappa shape index (κ3) is 6.97. The van der Waals surface area contributed by atoms with Crippen LogP contribution in [0.2, 0.25) is 0 Å². The molecule has 2 saturated heterocycles. The summed E-state index contributed by atoms with van der Waals surface area (Å²) in [5, 5.41) is 67.9. The highest BCUT2D eigenvalue weighted by Gasteiger charge is 2.68. The van der Waals surface area contributed by atoms with Gasteiger partial charge in [0.05, 0.1) is 42.6 Å². The summed E-state index contributed by atoms with van der Waals surface area (Å²) in [7, 11) is 0. The molecule has 3 unspecified atom stereocenters. The van der Waals surface area contributed by atoms with Gasteiger partial charge in [0, 0.05) is 41.8 Å². The standard InChI is InChI=1S/C39H63N5O12/c1-37-9-7-17(45)11-16(37)3-4-18-19-8-10-39(52,38(19,2)14-24(47)28(18)37)27(48)6-5-25-30(49)29(44)31(50)36(53-25)56-34-21(42)12-20(41)33(32(34)51)55-35-22(43)13-23(46)26(15-40)54-35/h7,9,11,18-26,28-36,46-47,49-52H,3-6,8,10,12-15,40-44H2,1-2H3/t18?,19?,20-,21+,22+,23-,24-,25+,26+,28?,29-,30+,31+,32-,33+,34-,35+,36-,37-,38-,39-/m0/s1. The Morgan fingerprint density at radius 3 is 2.21 bits per heavy atom. The van der Waals surface area contributed by atoms with Crippen molar-refractivity contribution in [1.29, 1.82) is 0 Å². The number of nitrogens with two attached hydrogens (primary N) is 5. The van der Waals surface area contributed by atoms with Crippen LogP contribution in [0.3, 0.4) is 0 Å². The number of aliphatic hydroxyl groups excluding tert-OH is 5. The molecule has 16 N–H and O–H groups in total. The lowest BCUT2D eigenvalue weighted by molar-refractivity contribution is -0.313. The van der Waals surface area contributed by atoms with Gasteiger partial charge in [-0.15, -0.1) is 0 Å². The van der Waals surface area contributed by atoms with Gasteiger partial charge in [0.25, 0.3) is 0 Å². The number of fused-ring (bicyclic) bond motifs is 5. The summed E-state index contributed by atoms with van der Waals surface area (Å²) in [6, 6.07) is -3.60. The first-order chi connectivity index (χ1) is 26.3. The van der Waals surface area contributed by atoms with Crippen molar-refractivity contribution < 1.29 is 59.2 Å². The molecule has 7 rings (SSSR count). The van der Waals surface area contributed by atoms with Crippen molar-refractivity contribution in [2.75, 3.05) is 6.54 Å². The Morgan fingerprint density at radius 2 is 1.54 bits per heavy atom. The van der Waals surface area contributed by atoms with Gasteiger partial charge >= 0.3 is 0 Å². The Kier molecular flexibility index (Phi) is 11.9. The number of ketones is 2. The van der Waals surface area contributed by atoms with Gasteiger partial charge in [0.15, 0.2) is 24.1 Å². The minimum absolute atomic E-state index is 0.0175. The maximum atomic E-state index is 14.2. The van der Waals surface area contributed by atoms with E-state index in [0.717, 1.165) is 12.0 Å². The summed E-state index contributed by atoms with van der Waals surface area (Å²) >= 11 is 0. The number of carbonyl (C=O) groups excluding carboxylic acids is 2. The Balaban J connectivity index is 1.01. The van der Waals surface area contributed by atoms with Crippen LogP contribution in [0.25, 0.3) is 0 Å². The zero-order valence-corrected chi connectivity index (χ0v) is 32.2. The number of hydrogen-bond donors (Lipinski definition) is 11. The Morgan fingerprint density at radius 1 is 0.875 bits per heavy atom. The van der Waals surface area contributed by atoms with Gasteiger partial charge in [-0.25, -0.2) is 0 Å². The van der Waals surface area contributed by atoms with Crippen LogP contribution in [0.5, 0.6) is 0 Å². The lowest BCUT2D eigenvalue weighted by Gasteiger charge is -2.59. The zero-order chi connectivity index (χ0) is 40.6. The van der Waals surface area contributed by atoms with Gasteiger partial charge in [-0.2, -0.15) is 0 Å². The van der Waals surface area contributed by atoms with Gasteiger partial charge < -0.3 is 78.3 Å². The molecule has 0 aromatic rings. The van der Waals surface area contributed by atoms with Crippen LogP contribution >= 0.6 is 0 Å². The fourth-order valence-electron chi connectivity index (χ4n) is 11.8. The average molecular weight is 794 g/mol. The fourth-order valence-corrected chi connectivity index (χ4v) is 11.8. The summed E-state index contributed by atoms with van der Waals surface area (Å²) < 4.78 is 24.0. The monoisotopic (exact) mass is 793 g/mol. The molecule has 17 heteroatoms. The molecule has 2 heterocycles. The lowest BCUT2D eigenvalue weighted by Crippen LogP contribution is -2.68. The smallest absolute Gasteiger partial charge is 0.186 e. The van der Waals surface area contributed by atoms with E-state index in [4.69, 9.17) is 47.6 Å². The van der Waals surface area contributed by atoms with E-state index in [1.165, 1.54) is 0 Å². The predicted molar refractivity (Wildman–Crippen MR) is 198 cm³/mol. The van der Waals surface area contributed by atoms with Crippen molar-refractivity contribution in [3.05, 3.63) is 23.8 Å². The van der Waals surface area contributed by atoms with Crippen LogP contribution in [0.1, 0.15) is 71.6 Å². The number of allylic oxidation sites excluding steroid dienone is 4. The molecule has 7 aliphatic rings. The van der Waals surface area contributed by atoms with Gasteiger partial charge in [-0.1, -0.05) is 25.5 Å². The average Bonchev–Trinajstić information content (AvgIpc) is 3.42. The maximum absolute atomic E-state index is 14.2. The maximum Gasteiger partial charge on any atom is 0.186 e. The molecule has 17 nitrogen and oxygen atoms in total. The highest BCUT2D eigenvalue weighted by atomic mass is 16.7. The second kappa shape index (κ2) is 15.7. The van der Waals surface area contributed by atoms with E-state index >= 15 is 0 Å². The number of rotatable bonds is 9. The molecule has 0 aromatic heterocycles. The quantitative estimate of drug-likeness (QED) is 0.111. The summed E-state index contributed by atoms with van der Waals surface area (Å²) in [4.78, 5) is 26.3. The van der Waals surface area contributed by atoms with Crippen LogP contribution in [-0.2, 0) is 28.5 Å². The first-order valence-electron chi connectivity index (χ1n) is 20.3. The fraction of sp³-hybridized carbons (Fsp3) is 0.846. The lowest BCUT2D eigenvalue weighted by atomic mass is 9.46. The second-order valence-corrected chi connectivity index (χ2v) is 18.2. The summed E-state index contributed by atoms with van der Waals surface area (Å²) in [5.74, 6) is -0.630. The van der Waals surface area contributed by atoms with Gasteiger partial charge in [0.2, 0.25) is 0 Å². The van der Waals surface area contributed by atoms with E-state index in [1.807, 2.05) is 13.0 Å². The summed E-state index contributed by atoms with van der Waals surface area (Å²) in [6.07, 6.45) is -5.00. The largest absolute Gasteiger partial charge is 0.393 e. The minimum Gasteiger partial charge on any atom is -0.393 e. The topological polar surface area (TPSA) is 323 Å². The third-order valence-electron chi connectivity index (χ3n) is 15.0. The van der Waals surface area contributed by atoms with Crippen LogP contribution in [0.15, 0.2) is 23.8 Å². The minimum atomic E-state index is -1.74. The van der Waals surface area contributed by atoms with Gasteiger partial charge in [-0.05, 0) is 75.4 Å². The highest BCUT2D eigenvalue weighted by molar-refractivity contribution is 6.01. The van der Waals surface area contributed by atoms with E-state index < -0.39 is 114 Å². The van der Waals surface area contributed by atoms with E-state index in [-0.39, 0.29) is 68.6 Å². The molecule has 21 atom stereocenters. The van der Waals surface area contributed by atoms with Crippen molar-refractivity contribution in [1.82, 2.24) is 0 Å². The Hall–Kier alpha value is -1.78.